The van der Waals surface area contributed by atoms with Gasteiger partial charge in [-0.15, -0.1) is 0 Å². The predicted molar refractivity (Wildman–Crippen MR) is 99.3 cm³/mol. The van der Waals surface area contributed by atoms with Gasteiger partial charge in [-0.05, 0) is 44.0 Å². The average molecular weight is 342 g/mol. The van der Waals surface area contributed by atoms with Crippen molar-refractivity contribution < 1.29 is 9.21 Å². The molecule has 0 saturated heterocycles. The predicted octanol–water partition coefficient (Wildman–Crippen LogP) is 2.27. The van der Waals surface area contributed by atoms with E-state index in [0.29, 0.717) is 19.0 Å². The zero-order valence-corrected chi connectivity index (χ0v) is 15.1. The molecule has 6 heteroatoms. The third-order valence-electron chi connectivity index (χ3n) is 3.71. The van der Waals surface area contributed by atoms with Gasteiger partial charge in [0.2, 0.25) is 5.91 Å². The van der Waals surface area contributed by atoms with E-state index in [4.69, 9.17) is 4.42 Å². The normalized spacial score (nSPS) is 11.2. The third kappa shape index (κ3) is 6.33. The van der Waals surface area contributed by atoms with E-state index in [0.717, 1.165) is 12.3 Å². The molecule has 1 amide bonds. The fraction of sp³-hybridized carbons (Fsp3) is 0.368. The molecular weight excluding hydrogens is 316 g/mol. The van der Waals surface area contributed by atoms with Crippen molar-refractivity contribution in [3.8, 4) is 0 Å². The van der Waals surface area contributed by atoms with Crippen molar-refractivity contribution in [2.75, 3.05) is 13.1 Å². The first-order valence-corrected chi connectivity index (χ1v) is 8.46. The van der Waals surface area contributed by atoms with E-state index in [1.165, 1.54) is 16.7 Å². The highest BCUT2D eigenvalue weighted by atomic mass is 16.3. The van der Waals surface area contributed by atoms with E-state index in [2.05, 4.69) is 53.0 Å². The smallest absolute Gasteiger partial charge is 0.239 e. The van der Waals surface area contributed by atoms with Crippen LogP contribution >= 0.6 is 0 Å². The Bertz CT molecular complexity index is 708. The van der Waals surface area contributed by atoms with Crippen LogP contribution in [0.15, 0.2) is 46.0 Å². The van der Waals surface area contributed by atoms with Crippen molar-refractivity contribution in [1.82, 2.24) is 16.0 Å². The van der Waals surface area contributed by atoms with Gasteiger partial charge in [0.25, 0.3) is 0 Å². The van der Waals surface area contributed by atoms with Gasteiger partial charge in [0.15, 0.2) is 5.96 Å². The maximum absolute atomic E-state index is 11.9. The molecule has 0 bridgehead atoms. The van der Waals surface area contributed by atoms with Gasteiger partial charge in [0.1, 0.15) is 5.76 Å². The number of guanidine groups is 1. The minimum Gasteiger partial charge on any atom is -0.467 e. The summed E-state index contributed by atoms with van der Waals surface area (Å²) >= 11 is 0. The molecule has 25 heavy (non-hydrogen) atoms. The highest BCUT2D eigenvalue weighted by Gasteiger charge is 2.05. The van der Waals surface area contributed by atoms with Crippen molar-refractivity contribution in [3.05, 3.63) is 59.0 Å². The minimum atomic E-state index is -0.117. The summed E-state index contributed by atoms with van der Waals surface area (Å²) in [6.07, 6.45) is 1.59. The first kappa shape index (κ1) is 18.6. The van der Waals surface area contributed by atoms with E-state index in [1.54, 1.807) is 12.3 Å². The molecule has 0 saturated carbocycles. The molecule has 6 nitrogen and oxygen atoms in total. The molecule has 0 fully saturated rings. The lowest BCUT2D eigenvalue weighted by Crippen LogP contribution is -2.43. The Morgan fingerprint density at radius 1 is 1.16 bits per heavy atom. The number of benzene rings is 1. The number of nitrogens with one attached hydrogen (secondary N) is 3. The zero-order chi connectivity index (χ0) is 18.1. The molecular formula is C19H26N4O2. The van der Waals surface area contributed by atoms with Gasteiger partial charge in [0, 0.05) is 6.54 Å². The second kappa shape index (κ2) is 9.52. The maximum Gasteiger partial charge on any atom is 0.239 e. The summed E-state index contributed by atoms with van der Waals surface area (Å²) in [5, 5.41) is 8.99. The Kier molecular flexibility index (Phi) is 7.07. The Hall–Kier alpha value is -2.76. The van der Waals surface area contributed by atoms with E-state index in [9.17, 15) is 4.79 Å². The first-order chi connectivity index (χ1) is 12.1. The summed E-state index contributed by atoms with van der Waals surface area (Å²) in [5.41, 5.74) is 3.63. The topological polar surface area (TPSA) is 78.7 Å². The minimum absolute atomic E-state index is 0.117. The Morgan fingerprint density at radius 3 is 2.68 bits per heavy atom. The molecule has 1 aromatic heterocycles. The largest absolute Gasteiger partial charge is 0.467 e. The molecule has 0 aliphatic rings. The highest BCUT2D eigenvalue weighted by Crippen LogP contribution is 2.11. The zero-order valence-electron chi connectivity index (χ0n) is 15.1. The summed E-state index contributed by atoms with van der Waals surface area (Å²) in [5.74, 6) is 1.23. The molecule has 0 aliphatic carbocycles. The number of hydrogen-bond acceptors (Lipinski definition) is 3. The quantitative estimate of drug-likeness (QED) is 0.533. The van der Waals surface area contributed by atoms with Gasteiger partial charge >= 0.3 is 0 Å². The number of furan rings is 1. The van der Waals surface area contributed by atoms with Crippen LogP contribution < -0.4 is 16.0 Å². The highest BCUT2D eigenvalue weighted by molar-refractivity contribution is 5.86. The first-order valence-electron chi connectivity index (χ1n) is 8.46. The summed E-state index contributed by atoms with van der Waals surface area (Å²) < 4.78 is 5.18. The van der Waals surface area contributed by atoms with Crippen LogP contribution in [0, 0.1) is 13.8 Å². The van der Waals surface area contributed by atoms with Crippen LogP contribution in [0.3, 0.4) is 0 Å². The lowest BCUT2D eigenvalue weighted by molar-refractivity contribution is -0.120. The SMILES string of the molecule is CCNC(=NCc1ccc(C)cc1C)NCC(=O)NCc1ccco1. The number of aliphatic imine (C=N–C) groups is 1. The molecule has 3 N–H and O–H groups in total. The van der Waals surface area contributed by atoms with Crippen LogP contribution in [0.5, 0.6) is 0 Å². The van der Waals surface area contributed by atoms with Crippen LogP contribution in [0.2, 0.25) is 0 Å². The monoisotopic (exact) mass is 342 g/mol. The van der Waals surface area contributed by atoms with Crippen LogP contribution in [0.4, 0.5) is 0 Å². The summed E-state index contributed by atoms with van der Waals surface area (Å²) in [6, 6.07) is 9.94. The van der Waals surface area contributed by atoms with Gasteiger partial charge in [0.05, 0.1) is 25.9 Å². The fourth-order valence-electron chi connectivity index (χ4n) is 2.35. The van der Waals surface area contributed by atoms with Crippen molar-refractivity contribution >= 4 is 11.9 Å². The van der Waals surface area contributed by atoms with Crippen molar-refractivity contribution in [3.63, 3.8) is 0 Å². The number of rotatable bonds is 7. The lowest BCUT2D eigenvalue weighted by Gasteiger charge is -2.12. The number of carbonyl (C=O) groups excluding carboxylic acids is 1. The standard InChI is InChI=1S/C19H26N4O2/c1-4-20-19(22-11-16-8-7-14(2)10-15(16)3)23-13-18(24)21-12-17-6-5-9-25-17/h5-10H,4,11-13H2,1-3H3,(H,21,24)(H2,20,22,23). The molecule has 0 radical (unpaired) electrons. The third-order valence-corrected chi connectivity index (χ3v) is 3.71. The second-order valence-electron chi connectivity index (χ2n) is 5.83. The van der Waals surface area contributed by atoms with E-state index < -0.39 is 0 Å². The van der Waals surface area contributed by atoms with Crippen molar-refractivity contribution in [2.24, 2.45) is 4.99 Å². The van der Waals surface area contributed by atoms with Crippen molar-refractivity contribution in [1.29, 1.82) is 0 Å². The number of hydrogen-bond donors (Lipinski definition) is 3. The molecule has 0 aliphatic heterocycles. The Balaban J connectivity index is 1.85. The van der Waals surface area contributed by atoms with E-state index in [1.807, 2.05) is 13.0 Å². The Labute approximate surface area is 148 Å². The van der Waals surface area contributed by atoms with Gasteiger partial charge in [-0.2, -0.15) is 0 Å². The fourth-order valence-corrected chi connectivity index (χ4v) is 2.35. The molecule has 1 heterocycles. The lowest BCUT2D eigenvalue weighted by atomic mass is 10.1. The number of amides is 1. The van der Waals surface area contributed by atoms with E-state index >= 15 is 0 Å². The molecule has 0 atom stereocenters. The Morgan fingerprint density at radius 2 is 2.00 bits per heavy atom. The van der Waals surface area contributed by atoms with Crippen LogP contribution in [-0.2, 0) is 17.9 Å². The maximum atomic E-state index is 11.9. The van der Waals surface area contributed by atoms with Gasteiger partial charge < -0.3 is 20.4 Å². The number of aryl methyl sites for hydroxylation is 2. The van der Waals surface area contributed by atoms with Gasteiger partial charge in [-0.25, -0.2) is 4.99 Å². The summed E-state index contributed by atoms with van der Waals surface area (Å²) in [4.78, 5) is 16.5. The molecule has 2 aromatic rings. The van der Waals surface area contributed by atoms with Crippen LogP contribution in [0.1, 0.15) is 29.4 Å². The molecule has 2 rings (SSSR count). The number of carbonyl (C=O) groups is 1. The van der Waals surface area contributed by atoms with Crippen molar-refractivity contribution in [2.45, 2.75) is 33.9 Å². The second-order valence-corrected chi connectivity index (χ2v) is 5.83. The molecule has 0 spiro atoms. The van der Waals surface area contributed by atoms with Gasteiger partial charge in [-0.3, -0.25) is 4.79 Å². The van der Waals surface area contributed by atoms with Crippen LogP contribution in [0.25, 0.3) is 0 Å². The molecule has 1 aromatic carbocycles. The van der Waals surface area contributed by atoms with Gasteiger partial charge in [-0.1, -0.05) is 23.8 Å². The average Bonchev–Trinajstić information content (AvgIpc) is 3.10. The summed E-state index contributed by atoms with van der Waals surface area (Å²) in [6.45, 7) is 7.98. The molecule has 0 unspecified atom stereocenters. The number of nitrogens with zero attached hydrogens (tertiary/aromatic N) is 1. The molecule has 134 valence electrons. The summed E-state index contributed by atoms with van der Waals surface area (Å²) in [7, 11) is 0. The van der Waals surface area contributed by atoms with E-state index in [-0.39, 0.29) is 12.5 Å². The van der Waals surface area contributed by atoms with Crippen LogP contribution in [-0.4, -0.2) is 25.0 Å².